The normalized spacial score (nSPS) is 10.5. The van der Waals surface area contributed by atoms with Gasteiger partial charge in [-0.3, -0.25) is 0 Å². The van der Waals surface area contributed by atoms with Gasteiger partial charge in [0, 0.05) is 6.54 Å². The summed E-state index contributed by atoms with van der Waals surface area (Å²) in [5, 5.41) is 0. The average molecular weight is 266 g/mol. The third-order valence-electron chi connectivity index (χ3n) is 2.54. The fourth-order valence-corrected chi connectivity index (χ4v) is 1.64. The second kappa shape index (κ2) is 7.63. The number of nitrogens with two attached hydrogens (primary N) is 1. The summed E-state index contributed by atoms with van der Waals surface area (Å²) < 4.78 is 10.6. The van der Waals surface area contributed by atoms with Crippen LogP contribution in [-0.2, 0) is 4.74 Å². The van der Waals surface area contributed by atoms with Crippen molar-refractivity contribution in [2.24, 2.45) is 0 Å². The predicted octanol–water partition coefficient (Wildman–Crippen LogP) is 1.78. The van der Waals surface area contributed by atoms with Crippen LogP contribution in [0.1, 0.15) is 23.7 Å². The van der Waals surface area contributed by atoms with Crippen molar-refractivity contribution in [3.8, 4) is 5.75 Å². The van der Waals surface area contributed by atoms with Crippen molar-refractivity contribution in [3.05, 3.63) is 23.8 Å². The maximum atomic E-state index is 11.8. The highest BCUT2D eigenvalue weighted by atomic mass is 16.5. The van der Waals surface area contributed by atoms with Gasteiger partial charge in [0.15, 0.2) is 5.75 Å². The molecule has 0 radical (unpaired) electrons. The first-order valence-electron chi connectivity index (χ1n) is 6.39. The molecule has 106 valence electrons. The number of benzene rings is 1. The molecule has 0 amide bonds. The van der Waals surface area contributed by atoms with Gasteiger partial charge in [0.25, 0.3) is 0 Å². The van der Waals surface area contributed by atoms with Crippen LogP contribution in [0.2, 0.25) is 0 Å². The fraction of sp³-hybridized carbons (Fsp3) is 0.500. The molecule has 0 aromatic heterocycles. The van der Waals surface area contributed by atoms with Crippen molar-refractivity contribution in [1.82, 2.24) is 4.90 Å². The lowest BCUT2D eigenvalue weighted by atomic mass is 10.1. The van der Waals surface area contributed by atoms with Crippen LogP contribution in [0.5, 0.6) is 5.75 Å². The van der Waals surface area contributed by atoms with Gasteiger partial charge in [0.05, 0.1) is 18.9 Å². The van der Waals surface area contributed by atoms with Gasteiger partial charge in [0.2, 0.25) is 0 Å². The highest BCUT2D eigenvalue weighted by Gasteiger charge is 2.15. The predicted molar refractivity (Wildman–Crippen MR) is 75.5 cm³/mol. The Morgan fingerprint density at radius 1 is 1.37 bits per heavy atom. The van der Waals surface area contributed by atoms with E-state index in [-0.39, 0.29) is 0 Å². The summed E-state index contributed by atoms with van der Waals surface area (Å²) in [7, 11) is 4.00. The first kappa shape index (κ1) is 15.3. The number of esters is 1. The number of rotatable bonds is 7. The molecule has 0 bridgehead atoms. The Bertz CT molecular complexity index is 419. The number of anilines is 1. The van der Waals surface area contributed by atoms with E-state index in [9.17, 15) is 4.79 Å². The summed E-state index contributed by atoms with van der Waals surface area (Å²) in [4.78, 5) is 13.9. The molecule has 1 aromatic rings. The second-order valence-corrected chi connectivity index (χ2v) is 4.45. The molecule has 0 unspecified atom stereocenters. The first-order valence-corrected chi connectivity index (χ1v) is 6.39. The number of nitrogen functional groups attached to an aromatic ring is 1. The van der Waals surface area contributed by atoms with Crippen LogP contribution in [0.15, 0.2) is 18.2 Å². The van der Waals surface area contributed by atoms with E-state index in [0.29, 0.717) is 30.2 Å². The Kier molecular flexibility index (Phi) is 6.15. The monoisotopic (exact) mass is 266 g/mol. The number of nitrogens with zero attached hydrogens (tertiary/aromatic N) is 1. The van der Waals surface area contributed by atoms with E-state index < -0.39 is 5.97 Å². The van der Waals surface area contributed by atoms with E-state index in [2.05, 4.69) is 4.90 Å². The van der Waals surface area contributed by atoms with Crippen LogP contribution in [0.3, 0.4) is 0 Å². The molecule has 0 fully saturated rings. The molecule has 19 heavy (non-hydrogen) atoms. The van der Waals surface area contributed by atoms with Crippen LogP contribution >= 0.6 is 0 Å². The van der Waals surface area contributed by atoms with Gasteiger partial charge in [-0.15, -0.1) is 0 Å². The van der Waals surface area contributed by atoms with Crippen molar-refractivity contribution >= 4 is 11.7 Å². The van der Waals surface area contributed by atoms with Gasteiger partial charge < -0.3 is 20.1 Å². The largest absolute Gasteiger partial charge is 0.490 e. The van der Waals surface area contributed by atoms with Crippen molar-refractivity contribution in [2.75, 3.05) is 39.6 Å². The van der Waals surface area contributed by atoms with E-state index in [1.807, 2.05) is 14.1 Å². The first-order chi connectivity index (χ1) is 9.06. The van der Waals surface area contributed by atoms with E-state index >= 15 is 0 Å². The van der Waals surface area contributed by atoms with Crippen molar-refractivity contribution in [1.29, 1.82) is 0 Å². The fourth-order valence-electron chi connectivity index (χ4n) is 1.64. The van der Waals surface area contributed by atoms with Crippen LogP contribution in [0.25, 0.3) is 0 Å². The number of ether oxygens (including phenoxy) is 2. The van der Waals surface area contributed by atoms with E-state index in [1.54, 1.807) is 25.1 Å². The van der Waals surface area contributed by atoms with Gasteiger partial charge in [-0.1, -0.05) is 6.07 Å². The number of carbonyl (C=O) groups is 1. The molecular formula is C14H22N2O3. The number of para-hydroxylation sites is 1. The molecule has 5 heteroatoms. The third kappa shape index (κ3) is 4.79. The SMILES string of the molecule is CCOC(=O)c1cccc(N)c1OCCCN(C)C. The van der Waals surface area contributed by atoms with Gasteiger partial charge in [-0.05, 0) is 39.6 Å². The van der Waals surface area contributed by atoms with Crippen LogP contribution in [0, 0.1) is 0 Å². The Labute approximate surface area is 114 Å². The minimum Gasteiger partial charge on any atom is -0.490 e. The molecule has 0 saturated carbocycles. The molecule has 2 N–H and O–H groups in total. The molecule has 5 nitrogen and oxygen atoms in total. The molecule has 0 heterocycles. The second-order valence-electron chi connectivity index (χ2n) is 4.45. The number of hydrogen-bond donors (Lipinski definition) is 1. The summed E-state index contributed by atoms with van der Waals surface area (Å²) in [6.07, 6.45) is 0.865. The molecule has 0 saturated heterocycles. The van der Waals surface area contributed by atoms with Gasteiger partial charge >= 0.3 is 5.97 Å². The van der Waals surface area contributed by atoms with Crippen LogP contribution in [0.4, 0.5) is 5.69 Å². The summed E-state index contributed by atoms with van der Waals surface area (Å²) in [5.41, 5.74) is 6.69. The Hall–Kier alpha value is -1.75. The molecular weight excluding hydrogens is 244 g/mol. The molecule has 1 aromatic carbocycles. The lowest BCUT2D eigenvalue weighted by molar-refractivity contribution is 0.0521. The van der Waals surface area contributed by atoms with Crippen molar-refractivity contribution in [2.45, 2.75) is 13.3 Å². The standard InChI is InChI=1S/C14H22N2O3/c1-4-18-14(17)11-7-5-8-12(15)13(11)19-10-6-9-16(2)3/h5,7-8H,4,6,9-10,15H2,1-3H3. The van der Waals surface area contributed by atoms with Crippen LogP contribution < -0.4 is 10.5 Å². The zero-order valence-corrected chi connectivity index (χ0v) is 11.8. The smallest absolute Gasteiger partial charge is 0.341 e. The van der Waals surface area contributed by atoms with E-state index in [4.69, 9.17) is 15.2 Å². The van der Waals surface area contributed by atoms with Crippen LogP contribution in [-0.4, -0.2) is 44.7 Å². The highest BCUT2D eigenvalue weighted by Crippen LogP contribution is 2.27. The quantitative estimate of drug-likeness (QED) is 0.463. The zero-order chi connectivity index (χ0) is 14.3. The Morgan fingerprint density at radius 2 is 2.11 bits per heavy atom. The lowest BCUT2D eigenvalue weighted by Crippen LogP contribution is -2.16. The molecule has 0 aliphatic rings. The average Bonchev–Trinajstić information content (AvgIpc) is 2.36. The minimum absolute atomic E-state index is 0.327. The summed E-state index contributed by atoms with van der Waals surface area (Å²) in [6, 6.07) is 5.09. The van der Waals surface area contributed by atoms with Crippen molar-refractivity contribution in [3.63, 3.8) is 0 Å². The minimum atomic E-state index is -0.405. The zero-order valence-electron chi connectivity index (χ0n) is 11.8. The maximum Gasteiger partial charge on any atom is 0.341 e. The Balaban J connectivity index is 2.72. The molecule has 0 atom stereocenters. The van der Waals surface area contributed by atoms with Gasteiger partial charge in [-0.2, -0.15) is 0 Å². The molecule has 0 spiro atoms. The maximum absolute atomic E-state index is 11.8. The topological polar surface area (TPSA) is 64.8 Å². The third-order valence-corrected chi connectivity index (χ3v) is 2.54. The lowest BCUT2D eigenvalue weighted by Gasteiger charge is -2.14. The van der Waals surface area contributed by atoms with Gasteiger partial charge in [0.1, 0.15) is 5.56 Å². The molecule has 0 aliphatic heterocycles. The number of carbonyl (C=O) groups excluding carboxylic acids is 1. The Morgan fingerprint density at radius 3 is 2.74 bits per heavy atom. The highest BCUT2D eigenvalue weighted by molar-refractivity contribution is 5.94. The summed E-state index contributed by atoms with van der Waals surface area (Å²) >= 11 is 0. The van der Waals surface area contributed by atoms with Crippen molar-refractivity contribution < 1.29 is 14.3 Å². The summed E-state index contributed by atoms with van der Waals surface area (Å²) in [5.74, 6) is 0.0112. The van der Waals surface area contributed by atoms with E-state index in [0.717, 1.165) is 13.0 Å². The molecule has 1 rings (SSSR count). The summed E-state index contributed by atoms with van der Waals surface area (Å²) in [6.45, 7) is 3.52. The van der Waals surface area contributed by atoms with Gasteiger partial charge in [-0.25, -0.2) is 4.79 Å². The number of hydrogen-bond acceptors (Lipinski definition) is 5. The molecule has 0 aliphatic carbocycles. The van der Waals surface area contributed by atoms with E-state index in [1.165, 1.54) is 0 Å².